The van der Waals surface area contributed by atoms with Gasteiger partial charge in [0.05, 0.1) is 26.4 Å². The molecule has 0 saturated carbocycles. The van der Waals surface area contributed by atoms with Crippen molar-refractivity contribution in [2.45, 2.75) is 76.9 Å². The Morgan fingerprint density at radius 1 is 0.727 bits per heavy atom. The van der Waals surface area contributed by atoms with Crippen molar-refractivity contribution in [3.63, 3.8) is 0 Å². The fourth-order valence-corrected chi connectivity index (χ4v) is 4.41. The van der Waals surface area contributed by atoms with E-state index in [-0.39, 0.29) is 25.6 Å². The number of hydrogen-bond acceptors (Lipinski definition) is 7. The van der Waals surface area contributed by atoms with Crippen LogP contribution in [0, 0.1) is 0 Å². The maximum Gasteiger partial charge on any atom is 0.271 e. The summed E-state index contributed by atoms with van der Waals surface area (Å²) in [4.78, 5) is 1.79. The zero-order valence-electron chi connectivity index (χ0n) is 20.5. The van der Waals surface area contributed by atoms with Crippen LogP contribution >= 0.6 is 0 Å². The highest BCUT2D eigenvalue weighted by molar-refractivity contribution is 7.85. The van der Waals surface area contributed by atoms with Crippen LogP contribution in [-0.2, 0) is 20.1 Å². The van der Waals surface area contributed by atoms with Crippen molar-refractivity contribution in [3.05, 3.63) is 35.9 Å². The van der Waals surface area contributed by atoms with Gasteiger partial charge in [0.1, 0.15) is 5.75 Å². The first-order valence-corrected chi connectivity index (χ1v) is 14.0. The quantitative estimate of drug-likeness (QED) is 0.189. The second-order valence-electron chi connectivity index (χ2n) is 8.20. The number of rotatable bonds is 20. The molecule has 8 heteroatoms. The molecule has 33 heavy (non-hydrogen) atoms. The van der Waals surface area contributed by atoms with Crippen LogP contribution < -0.4 is 0 Å². The highest BCUT2D eigenvalue weighted by Crippen LogP contribution is 2.12. The van der Waals surface area contributed by atoms with Gasteiger partial charge in [0, 0.05) is 19.6 Å². The summed E-state index contributed by atoms with van der Waals surface area (Å²) in [7, 11) is -3.44. The van der Waals surface area contributed by atoms with Gasteiger partial charge < -0.3 is 15.3 Å². The van der Waals surface area contributed by atoms with Crippen molar-refractivity contribution in [2.75, 3.05) is 46.1 Å². The first-order chi connectivity index (χ1) is 16.0. The molecule has 0 atom stereocenters. The number of aliphatic hydroxyl groups is 3. The average Bonchev–Trinajstić information content (AvgIpc) is 2.79. The van der Waals surface area contributed by atoms with Crippen LogP contribution in [0.3, 0.4) is 0 Å². The maximum absolute atomic E-state index is 11.8. The Morgan fingerprint density at radius 3 is 1.64 bits per heavy atom. The van der Waals surface area contributed by atoms with Gasteiger partial charge in [-0.15, -0.1) is 0 Å². The smallest absolute Gasteiger partial charge is 0.271 e. The third-order valence-corrected chi connectivity index (χ3v) is 6.41. The highest BCUT2D eigenvalue weighted by atomic mass is 32.2. The number of aliphatic hydroxyl groups excluding tert-OH is 3. The van der Waals surface area contributed by atoms with Crippen LogP contribution in [0.5, 0.6) is 0 Å². The van der Waals surface area contributed by atoms with E-state index in [1.807, 2.05) is 18.2 Å². The Balaban J connectivity index is 0.000000861. The SMILES string of the molecule is CCCCCCCCCCCCOS(=O)(=O)Cc1ccccc1.OCCN(CCO)CCO. The van der Waals surface area contributed by atoms with Crippen molar-refractivity contribution in [2.24, 2.45) is 0 Å². The van der Waals surface area contributed by atoms with E-state index in [1.54, 1.807) is 17.0 Å². The average molecular weight is 490 g/mol. The second kappa shape index (κ2) is 22.7. The molecule has 1 rings (SSSR count). The summed E-state index contributed by atoms with van der Waals surface area (Å²) in [5.41, 5.74) is 0.774. The molecule has 0 saturated heterocycles. The lowest BCUT2D eigenvalue weighted by atomic mass is 10.1. The molecule has 0 aromatic heterocycles. The van der Waals surface area contributed by atoms with Crippen molar-refractivity contribution < 1.29 is 27.9 Å². The lowest BCUT2D eigenvalue weighted by molar-refractivity contribution is 0.136. The Bertz CT molecular complexity index is 613. The molecule has 0 aliphatic rings. The van der Waals surface area contributed by atoms with Crippen molar-refractivity contribution >= 4 is 10.1 Å². The van der Waals surface area contributed by atoms with Crippen molar-refractivity contribution in [1.82, 2.24) is 4.90 Å². The van der Waals surface area contributed by atoms with Crippen LogP contribution in [0.4, 0.5) is 0 Å². The largest absolute Gasteiger partial charge is 0.395 e. The maximum atomic E-state index is 11.8. The molecule has 0 unspecified atom stereocenters. The minimum atomic E-state index is -3.44. The summed E-state index contributed by atoms with van der Waals surface area (Å²) in [5.74, 6) is -0.0361. The molecule has 3 N–H and O–H groups in total. The van der Waals surface area contributed by atoms with E-state index in [2.05, 4.69) is 6.92 Å². The van der Waals surface area contributed by atoms with Gasteiger partial charge >= 0.3 is 0 Å². The molecular weight excluding hydrogens is 442 g/mol. The van der Waals surface area contributed by atoms with E-state index in [9.17, 15) is 8.42 Å². The Morgan fingerprint density at radius 2 is 1.18 bits per heavy atom. The summed E-state index contributed by atoms with van der Waals surface area (Å²) in [5, 5.41) is 25.5. The fraction of sp³-hybridized carbons (Fsp3) is 0.760. The van der Waals surface area contributed by atoms with Gasteiger partial charge in [-0.3, -0.25) is 9.08 Å². The molecule has 0 fully saturated rings. The lowest BCUT2D eigenvalue weighted by Gasteiger charge is -2.17. The van der Waals surface area contributed by atoms with E-state index in [4.69, 9.17) is 19.5 Å². The van der Waals surface area contributed by atoms with Gasteiger partial charge in [0.25, 0.3) is 10.1 Å². The van der Waals surface area contributed by atoms with Crippen LogP contribution in [-0.4, -0.2) is 74.7 Å². The van der Waals surface area contributed by atoms with Crippen molar-refractivity contribution in [3.8, 4) is 0 Å². The number of unbranched alkanes of at least 4 members (excludes halogenated alkanes) is 9. The third kappa shape index (κ3) is 21.3. The zero-order chi connectivity index (χ0) is 24.6. The summed E-state index contributed by atoms with van der Waals surface area (Å²) in [6, 6.07) is 9.17. The van der Waals surface area contributed by atoms with Crippen LogP contribution in [0.2, 0.25) is 0 Å². The third-order valence-electron chi connectivity index (χ3n) is 5.20. The lowest BCUT2D eigenvalue weighted by Crippen LogP contribution is -2.32. The Labute approximate surface area is 201 Å². The molecule has 0 aliphatic heterocycles. The molecule has 1 aromatic carbocycles. The molecule has 194 valence electrons. The summed E-state index contributed by atoms with van der Waals surface area (Å²) in [6.07, 6.45) is 12.3. The van der Waals surface area contributed by atoms with Gasteiger partial charge in [-0.1, -0.05) is 95.0 Å². The predicted octanol–water partition coefficient (Wildman–Crippen LogP) is 3.72. The number of hydrogen-bond donors (Lipinski definition) is 3. The van der Waals surface area contributed by atoms with Gasteiger partial charge in [0.2, 0.25) is 0 Å². The Kier molecular flexibility index (Phi) is 22.0. The van der Waals surface area contributed by atoms with E-state index in [1.165, 1.54) is 51.4 Å². The molecule has 0 heterocycles. The van der Waals surface area contributed by atoms with Crippen molar-refractivity contribution in [1.29, 1.82) is 0 Å². The van der Waals surface area contributed by atoms with E-state index in [0.29, 0.717) is 26.2 Å². The topological polar surface area (TPSA) is 107 Å². The normalized spacial score (nSPS) is 11.4. The summed E-state index contributed by atoms with van der Waals surface area (Å²) >= 11 is 0. The fourth-order valence-electron chi connectivity index (χ4n) is 3.36. The number of benzene rings is 1. The molecular formula is C25H47NO6S. The molecule has 0 spiro atoms. The van der Waals surface area contributed by atoms with Gasteiger partial charge in [-0.25, -0.2) is 0 Å². The number of nitrogens with zero attached hydrogens (tertiary/aromatic N) is 1. The molecule has 1 aromatic rings. The van der Waals surface area contributed by atoms with E-state index < -0.39 is 10.1 Å². The van der Waals surface area contributed by atoms with E-state index >= 15 is 0 Å². The molecule has 0 bridgehead atoms. The van der Waals surface area contributed by atoms with E-state index in [0.717, 1.165) is 18.4 Å². The van der Waals surface area contributed by atoms with Gasteiger partial charge in [0.15, 0.2) is 0 Å². The molecule has 7 nitrogen and oxygen atoms in total. The summed E-state index contributed by atoms with van der Waals surface area (Å²) < 4.78 is 28.8. The Hall–Kier alpha value is -1.03. The molecule has 0 radical (unpaired) electrons. The van der Waals surface area contributed by atoms with Gasteiger partial charge in [-0.05, 0) is 12.0 Å². The monoisotopic (exact) mass is 489 g/mol. The van der Waals surface area contributed by atoms with Crippen LogP contribution in [0.15, 0.2) is 30.3 Å². The predicted molar refractivity (Wildman–Crippen MR) is 135 cm³/mol. The minimum Gasteiger partial charge on any atom is -0.395 e. The van der Waals surface area contributed by atoms with Crippen LogP contribution in [0.1, 0.15) is 76.7 Å². The standard InChI is InChI=1S/C19H32O3S.C6H15NO3/c1-2-3-4-5-6-7-8-9-10-14-17-22-23(20,21)18-19-15-12-11-13-16-19;8-4-1-7(2-5-9)3-6-10/h11-13,15-16H,2-10,14,17-18H2,1H3;8-10H,1-6H2. The first-order valence-electron chi connectivity index (χ1n) is 12.4. The van der Waals surface area contributed by atoms with Gasteiger partial charge in [-0.2, -0.15) is 8.42 Å². The first kappa shape index (κ1) is 32.0. The molecule has 0 aliphatic carbocycles. The second-order valence-corrected chi connectivity index (χ2v) is 9.84. The summed E-state index contributed by atoms with van der Waals surface area (Å²) in [6.45, 7) is 4.30. The zero-order valence-corrected chi connectivity index (χ0v) is 21.4. The highest BCUT2D eigenvalue weighted by Gasteiger charge is 2.11. The minimum absolute atomic E-state index is 0.0361. The molecule has 0 amide bonds. The van der Waals surface area contributed by atoms with Crippen LogP contribution in [0.25, 0.3) is 0 Å².